The molecule has 1 amide bonds. The van der Waals surface area contributed by atoms with Crippen LogP contribution in [0.3, 0.4) is 0 Å². The van der Waals surface area contributed by atoms with Crippen LogP contribution in [0.4, 0.5) is 0 Å². The van der Waals surface area contributed by atoms with E-state index in [0.29, 0.717) is 24.6 Å². The van der Waals surface area contributed by atoms with Gasteiger partial charge in [-0.25, -0.2) is 4.98 Å². The topological polar surface area (TPSA) is 68.6 Å². The zero-order valence-corrected chi connectivity index (χ0v) is 16.1. The maximum absolute atomic E-state index is 12.8. The Morgan fingerprint density at radius 2 is 2.19 bits per heavy atom. The first-order valence-electron chi connectivity index (χ1n) is 8.35. The number of nitrogens with zero attached hydrogens (tertiary/aromatic N) is 3. The van der Waals surface area contributed by atoms with Gasteiger partial charge < -0.3 is 24.3 Å². The fourth-order valence-electron chi connectivity index (χ4n) is 3.05. The number of carbonyl (C=O) groups is 1. The summed E-state index contributed by atoms with van der Waals surface area (Å²) >= 11 is 0. The Kier molecular flexibility index (Phi) is 6.88. The van der Waals surface area contributed by atoms with Gasteiger partial charge in [-0.2, -0.15) is 0 Å². The molecular weight excluding hydrogens is 356 g/mol. The number of amides is 1. The van der Waals surface area contributed by atoms with Gasteiger partial charge in [-0.3, -0.25) is 4.79 Å². The zero-order chi connectivity index (χ0) is 17.8. The summed E-state index contributed by atoms with van der Waals surface area (Å²) in [4.78, 5) is 19.0. The molecule has 8 heteroatoms. The lowest BCUT2D eigenvalue weighted by molar-refractivity contribution is -0.137. The fourth-order valence-corrected chi connectivity index (χ4v) is 3.05. The maximum Gasteiger partial charge on any atom is 0.261 e. The molecular formula is C18H25ClN4O3. The summed E-state index contributed by atoms with van der Waals surface area (Å²) in [5.74, 6) is 2.02. The molecule has 1 fully saturated rings. The molecule has 26 heavy (non-hydrogen) atoms. The van der Waals surface area contributed by atoms with Crippen LogP contribution in [0, 0.1) is 6.92 Å². The van der Waals surface area contributed by atoms with E-state index >= 15 is 0 Å². The van der Waals surface area contributed by atoms with Crippen LogP contribution in [0.5, 0.6) is 11.5 Å². The Bertz CT molecular complexity index is 750. The molecule has 3 rings (SSSR count). The number of rotatable bonds is 5. The molecule has 1 saturated heterocycles. The van der Waals surface area contributed by atoms with Crippen LogP contribution in [0.2, 0.25) is 0 Å². The van der Waals surface area contributed by atoms with Crippen molar-refractivity contribution in [2.45, 2.75) is 13.0 Å². The SMILES string of the molecule is COc1cc(C)ccc1OCC(=O)N1CCNCC1c1nccn1C.Cl. The third kappa shape index (κ3) is 4.28. The summed E-state index contributed by atoms with van der Waals surface area (Å²) in [5, 5.41) is 3.33. The number of hydrogen-bond donors (Lipinski definition) is 1. The van der Waals surface area contributed by atoms with E-state index in [-0.39, 0.29) is 31.0 Å². The number of hydrogen-bond acceptors (Lipinski definition) is 5. The number of halogens is 1. The first-order valence-corrected chi connectivity index (χ1v) is 8.35. The lowest BCUT2D eigenvalue weighted by atomic mass is 10.1. The van der Waals surface area contributed by atoms with Gasteiger partial charge >= 0.3 is 0 Å². The van der Waals surface area contributed by atoms with Crippen molar-refractivity contribution in [1.29, 1.82) is 0 Å². The Balaban J connectivity index is 0.00000243. The number of benzene rings is 1. The van der Waals surface area contributed by atoms with Gasteiger partial charge in [-0.1, -0.05) is 6.07 Å². The van der Waals surface area contributed by atoms with Crippen LogP contribution in [0.15, 0.2) is 30.6 Å². The molecule has 7 nitrogen and oxygen atoms in total. The molecule has 1 aromatic heterocycles. The van der Waals surface area contributed by atoms with E-state index in [1.165, 1.54) is 0 Å². The Morgan fingerprint density at radius 1 is 1.38 bits per heavy atom. The monoisotopic (exact) mass is 380 g/mol. The summed E-state index contributed by atoms with van der Waals surface area (Å²) in [7, 11) is 3.53. The second-order valence-corrected chi connectivity index (χ2v) is 6.15. The molecule has 1 unspecified atom stereocenters. The minimum atomic E-state index is -0.0928. The van der Waals surface area contributed by atoms with Gasteiger partial charge in [0, 0.05) is 39.1 Å². The minimum absolute atomic E-state index is 0. The summed E-state index contributed by atoms with van der Waals surface area (Å²) < 4.78 is 13.0. The Hall–Kier alpha value is -2.25. The molecule has 142 valence electrons. The van der Waals surface area contributed by atoms with Crippen molar-refractivity contribution in [2.24, 2.45) is 7.05 Å². The highest BCUT2D eigenvalue weighted by molar-refractivity contribution is 5.85. The number of piperazine rings is 1. The number of imidazole rings is 1. The van der Waals surface area contributed by atoms with Crippen molar-refractivity contribution in [3.05, 3.63) is 42.0 Å². The number of nitrogens with one attached hydrogen (secondary N) is 1. The first kappa shape index (κ1) is 20.1. The highest BCUT2D eigenvalue weighted by Gasteiger charge is 2.30. The molecule has 1 aromatic carbocycles. The quantitative estimate of drug-likeness (QED) is 0.855. The summed E-state index contributed by atoms with van der Waals surface area (Å²) in [6, 6.07) is 5.56. The highest BCUT2D eigenvalue weighted by Crippen LogP contribution is 2.28. The minimum Gasteiger partial charge on any atom is -0.493 e. The lowest BCUT2D eigenvalue weighted by Crippen LogP contribution is -2.50. The highest BCUT2D eigenvalue weighted by atomic mass is 35.5. The van der Waals surface area contributed by atoms with Crippen LogP contribution >= 0.6 is 12.4 Å². The molecule has 0 aliphatic carbocycles. The maximum atomic E-state index is 12.8. The Labute approximate surface area is 159 Å². The predicted molar refractivity (Wildman–Crippen MR) is 101 cm³/mol. The van der Waals surface area contributed by atoms with E-state index in [1.807, 2.05) is 47.8 Å². The molecule has 0 spiro atoms. The first-order chi connectivity index (χ1) is 12.1. The number of aryl methyl sites for hydroxylation is 2. The van der Waals surface area contributed by atoms with Gasteiger partial charge in [0.2, 0.25) is 0 Å². The normalized spacial score (nSPS) is 16.7. The number of methoxy groups -OCH3 is 1. The van der Waals surface area contributed by atoms with Crippen molar-refractivity contribution in [3.63, 3.8) is 0 Å². The molecule has 1 aliphatic rings. The average Bonchev–Trinajstić information content (AvgIpc) is 3.06. The van der Waals surface area contributed by atoms with Crippen LogP contribution < -0.4 is 14.8 Å². The van der Waals surface area contributed by atoms with Crippen molar-refractivity contribution in [3.8, 4) is 11.5 Å². The summed E-state index contributed by atoms with van der Waals surface area (Å²) in [6.07, 6.45) is 3.64. The van der Waals surface area contributed by atoms with Crippen molar-refractivity contribution in [2.75, 3.05) is 33.4 Å². The van der Waals surface area contributed by atoms with Crippen LogP contribution in [0.1, 0.15) is 17.4 Å². The standard InChI is InChI=1S/C18H24N4O3.ClH/c1-13-4-5-15(16(10-13)24-3)25-12-17(23)22-9-6-19-11-14(22)18-20-7-8-21(18)2;/h4-5,7-8,10,14,19H,6,9,11-12H2,1-3H3;1H. The van der Waals surface area contributed by atoms with E-state index in [0.717, 1.165) is 17.9 Å². The fraction of sp³-hybridized carbons (Fsp3) is 0.444. The second-order valence-electron chi connectivity index (χ2n) is 6.15. The van der Waals surface area contributed by atoms with Gasteiger partial charge in [0.15, 0.2) is 18.1 Å². The van der Waals surface area contributed by atoms with E-state index in [1.54, 1.807) is 13.3 Å². The van der Waals surface area contributed by atoms with Gasteiger partial charge in [0.25, 0.3) is 5.91 Å². The van der Waals surface area contributed by atoms with E-state index in [4.69, 9.17) is 9.47 Å². The van der Waals surface area contributed by atoms with Gasteiger partial charge in [-0.15, -0.1) is 12.4 Å². The smallest absolute Gasteiger partial charge is 0.261 e. The van der Waals surface area contributed by atoms with E-state index < -0.39 is 0 Å². The molecule has 1 atom stereocenters. The molecule has 1 N–H and O–H groups in total. The second kappa shape index (κ2) is 8.91. The molecule has 2 aromatic rings. The number of carbonyl (C=O) groups excluding carboxylic acids is 1. The predicted octanol–water partition coefficient (Wildman–Crippen LogP) is 1.71. The van der Waals surface area contributed by atoms with Crippen LogP contribution in [-0.4, -0.2) is 53.7 Å². The third-order valence-electron chi connectivity index (χ3n) is 4.39. The number of aromatic nitrogens is 2. The van der Waals surface area contributed by atoms with Gasteiger partial charge in [-0.05, 0) is 24.6 Å². The molecule has 0 saturated carbocycles. The molecule has 0 radical (unpaired) electrons. The summed E-state index contributed by atoms with van der Waals surface area (Å²) in [5.41, 5.74) is 1.08. The van der Waals surface area contributed by atoms with Crippen molar-refractivity contribution in [1.82, 2.24) is 19.8 Å². The zero-order valence-electron chi connectivity index (χ0n) is 15.3. The van der Waals surface area contributed by atoms with Crippen molar-refractivity contribution < 1.29 is 14.3 Å². The molecule has 1 aliphatic heterocycles. The molecule has 2 heterocycles. The van der Waals surface area contributed by atoms with Crippen molar-refractivity contribution >= 4 is 18.3 Å². The average molecular weight is 381 g/mol. The van der Waals surface area contributed by atoms with E-state index in [2.05, 4.69) is 10.3 Å². The van der Waals surface area contributed by atoms with Crippen LogP contribution in [-0.2, 0) is 11.8 Å². The lowest BCUT2D eigenvalue weighted by Gasteiger charge is -2.35. The van der Waals surface area contributed by atoms with Crippen LogP contribution in [0.25, 0.3) is 0 Å². The number of ether oxygens (including phenoxy) is 2. The largest absolute Gasteiger partial charge is 0.493 e. The molecule has 0 bridgehead atoms. The Morgan fingerprint density at radius 3 is 2.88 bits per heavy atom. The van der Waals surface area contributed by atoms with E-state index in [9.17, 15) is 4.79 Å². The third-order valence-corrected chi connectivity index (χ3v) is 4.39. The van der Waals surface area contributed by atoms with Gasteiger partial charge in [0.05, 0.1) is 7.11 Å². The summed E-state index contributed by atoms with van der Waals surface area (Å²) in [6.45, 7) is 4.03. The van der Waals surface area contributed by atoms with Gasteiger partial charge in [0.1, 0.15) is 11.9 Å².